The number of benzene rings is 3. The van der Waals surface area contributed by atoms with Gasteiger partial charge in [-0.15, -0.1) is 11.8 Å². The van der Waals surface area contributed by atoms with Crippen molar-refractivity contribution in [3.05, 3.63) is 78.1 Å². The van der Waals surface area contributed by atoms with Crippen molar-refractivity contribution in [2.24, 2.45) is 0 Å². The summed E-state index contributed by atoms with van der Waals surface area (Å²) in [6.07, 6.45) is 0. The largest absolute Gasteiger partial charge is 0.324 e. The van der Waals surface area contributed by atoms with Gasteiger partial charge in [0.15, 0.2) is 0 Å². The molecular weight excluding hydrogens is 453 g/mol. The Balaban J connectivity index is 1.45. The highest BCUT2D eigenvalue weighted by Gasteiger charge is 2.24. The van der Waals surface area contributed by atoms with Crippen LogP contribution in [0.15, 0.2) is 76.5 Å². The van der Waals surface area contributed by atoms with Crippen molar-refractivity contribution < 1.29 is 22.4 Å². The predicted octanol–water partition coefficient (Wildman–Crippen LogP) is 4.31. The third kappa shape index (κ3) is 4.76. The molecule has 0 radical (unpaired) electrons. The quantitative estimate of drug-likeness (QED) is 0.514. The molecule has 32 heavy (non-hydrogen) atoms. The molecule has 1 heterocycles. The fourth-order valence-corrected chi connectivity index (χ4v) is 4.99. The first kappa shape index (κ1) is 21.8. The van der Waals surface area contributed by atoms with Crippen molar-refractivity contribution in [2.45, 2.75) is 22.0 Å². The molecular formula is C22H18FN3O4S2. The molecule has 1 aliphatic rings. The summed E-state index contributed by atoms with van der Waals surface area (Å²) in [5.74, 6) is -0.987. The monoisotopic (exact) mass is 471 g/mol. The molecule has 1 unspecified atom stereocenters. The van der Waals surface area contributed by atoms with E-state index in [1.807, 2.05) is 6.92 Å². The number of sulfonamides is 1. The lowest BCUT2D eigenvalue weighted by atomic mass is 10.1. The average Bonchev–Trinajstić information content (AvgIpc) is 2.76. The maximum absolute atomic E-state index is 13.0. The number of carbonyl (C=O) groups excluding carboxylic acids is 2. The minimum Gasteiger partial charge on any atom is -0.324 e. The van der Waals surface area contributed by atoms with Crippen LogP contribution in [0, 0.1) is 5.82 Å². The number of halogens is 1. The van der Waals surface area contributed by atoms with Gasteiger partial charge >= 0.3 is 0 Å². The highest BCUT2D eigenvalue weighted by molar-refractivity contribution is 8.01. The molecule has 3 N–H and O–H groups in total. The van der Waals surface area contributed by atoms with E-state index in [0.717, 1.165) is 17.0 Å². The van der Waals surface area contributed by atoms with E-state index >= 15 is 0 Å². The predicted molar refractivity (Wildman–Crippen MR) is 122 cm³/mol. The van der Waals surface area contributed by atoms with Gasteiger partial charge in [0.2, 0.25) is 5.91 Å². The van der Waals surface area contributed by atoms with E-state index < -0.39 is 21.7 Å². The van der Waals surface area contributed by atoms with Crippen LogP contribution in [0.4, 0.5) is 21.5 Å². The average molecular weight is 472 g/mol. The van der Waals surface area contributed by atoms with Crippen LogP contribution in [-0.2, 0) is 14.8 Å². The number of hydrogen-bond acceptors (Lipinski definition) is 5. The summed E-state index contributed by atoms with van der Waals surface area (Å²) in [5, 5.41) is 5.29. The minimum absolute atomic E-state index is 0.0116. The molecule has 7 nitrogen and oxygen atoms in total. The third-order valence-electron chi connectivity index (χ3n) is 4.69. The van der Waals surface area contributed by atoms with Gasteiger partial charge in [-0.3, -0.25) is 14.3 Å². The van der Waals surface area contributed by atoms with Crippen LogP contribution >= 0.6 is 11.8 Å². The van der Waals surface area contributed by atoms with Gasteiger partial charge in [-0.1, -0.05) is 0 Å². The van der Waals surface area contributed by atoms with Crippen LogP contribution in [0.2, 0.25) is 0 Å². The molecule has 0 spiro atoms. The van der Waals surface area contributed by atoms with Crippen molar-refractivity contribution >= 4 is 50.7 Å². The lowest BCUT2D eigenvalue weighted by Crippen LogP contribution is -2.26. The van der Waals surface area contributed by atoms with E-state index in [0.29, 0.717) is 16.9 Å². The van der Waals surface area contributed by atoms with Crippen LogP contribution in [0.3, 0.4) is 0 Å². The number of carbonyl (C=O) groups is 2. The molecule has 3 aromatic rings. The fourth-order valence-electron chi connectivity index (χ4n) is 3.00. The number of rotatable bonds is 5. The Labute approximate surface area is 188 Å². The van der Waals surface area contributed by atoms with Gasteiger partial charge in [-0.05, 0) is 73.7 Å². The first-order chi connectivity index (χ1) is 15.2. The van der Waals surface area contributed by atoms with Gasteiger partial charge in [-0.25, -0.2) is 12.8 Å². The first-order valence-corrected chi connectivity index (χ1v) is 11.9. The topological polar surface area (TPSA) is 104 Å². The Morgan fingerprint density at radius 3 is 2.34 bits per heavy atom. The Kier molecular flexibility index (Phi) is 5.90. The van der Waals surface area contributed by atoms with E-state index in [1.54, 1.807) is 18.2 Å². The second-order valence-electron chi connectivity index (χ2n) is 7.05. The zero-order valence-electron chi connectivity index (χ0n) is 16.8. The summed E-state index contributed by atoms with van der Waals surface area (Å²) in [4.78, 5) is 25.3. The summed E-state index contributed by atoms with van der Waals surface area (Å²) in [6.45, 7) is 1.81. The highest BCUT2D eigenvalue weighted by Crippen LogP contribution is 2.36. The molecule has 0 aliphatic carbocycles. The molecule has 0 aromatic heterocycles. The molecule has 0 bridgehead atoms. The number of amides is 2. The Hall–Kier alpha value is -3.37. The van der Waals surface area contributed by atoms with Crippen LogP contribution in [0.1, 0.15) is 17.3 Å². The fraction of sp³-hybridized carbons (Fsp3) is 0.0909. The number of hydrogen-bond donors (Lipinski definition) is 3. The summed E-state index contributed by atoms with van der Waals surface area (Å²) in [5.41, 5.74) is 1.57. The van der Waals surface area contributed by atoms with E-state index in [-0.39, 0.29) is 21.7 Å². The SMILES string of the molecule is CC1Sc2ccc(C(=O)Nc3ccc(S(=O)(=O)Nc4ccc(F)cc4)cc3)cc2NC1=O. The molecule has 164 valence electrons. The van der Waals surface area contributed by atoms with Crippen molar-refractivity contribution in [3.8, 4) is 0 Å². The van der Waals surface area contributed by atoms with E-state index in [9.17, 15) is 22.4 Å². The normalized spacial score (nSPS) is 15.4. The smallest absolute Gasteiger partial charge is 0.261 e. The zero-order valence-corrected chi connectivity index (χ0v) is 18.4. The first-order valence-electron chi connectivity index (χ1n) is 9.53. The molecule has 4 rings (SSSR count). The Morgan fingerprint density at radius 1 is 1.00 bits per heavy atom. The van der Waals surface area contributed by atoms with Crippen molar-refractivity contribution in [3.63, 3.8) is 0 Å². The minimum atomic E-state index is -3.87. The van der Waals surface area contributed by atoms with Gasteiger partial charge in [0, 0.05) is 21.8 Å². The maximum atomic E-state index is 13.0. The maximum Gasteiger partial charge on any atom is 0.261 e. The molecule has 3 aromatic carbocycles. The molecule has 1 aliphatic heterocycles. The summed E-state index contributed by atoms with van der Waals surface area (Å²) < 4.78 is 40.4. The van der Waals surface area contributed by atoms with Gasteiger partial charge < -0.3 is 10.6 Å². The third-order valence-corrected chi connectivity index (χ3v) is 7.27. The van der Waals surface area contributed by atoms with Crippen LogP contribution in [-0.4, -0.2) is 25.5 Å². The van der Waals surface area contributed by atoms with E-state index in [4.69, 9.17) is 0 Å². The zero-order chi connectivity index (χ0) is 22.9. The van der Waals surface area contributed by atoms with Gasteiger partial charge in [0.1, 0.15) is 5.82 Å². The lowest BCUT2D eigenvalue weighted by molar-refractivity contribution is -0.115. The summed E-state index contributed by atoms with van der Waals surface area (Å²) in [6, 6.07) is 15.6. The number of nitrogens with one attached hydrogen (secondary N) is 3. The Morgan fingerprint density at radius 2 is 1.66 bits per heavy atom. The molecule has 10 heteroatoms. The van der Waals surface area contributed by atoms with Crippen molar-refractivity contribution in [2.75, 3.05) is 15.4 Å². The number of anilines is 3. The molecule has 0 saturated heterocycles. The van der Waals surface area contributed by atoms with E-state index in [2.05, 4.69) is 15.4 Å². The second-order valence-corrected chi connectivity index (χ2v) is 10.1. The van der Waals surface area contributed by atoms with Gasteiger partial charge in [0.25, 0.3) is 15.9 Å². The Bertz CT molecular complexity index is 1290. The van der Waals surface area contributed by atoms with E-state index in [1.165, 1.54) is 48.2 Å². The second kappa shape index (κ2) is 8.64. The van der Waals surface area contributed by atoms with Crippen molar-refractivity contribution in [1.29, 1.82) is 0 Å². The van der Waals surface area contributed by atoms with Gasteiger partial charge in [0.05, 0.1) is 15.8 Å². The molecule has 0 fully saturated rings. The summed E-state index contributed by atoms with van der Waals surface area (Å²) in [7, 11) is -3.87. The molecule has 2 amide bonds. The molecule has 0 saturated carbocycles. The van der Waals surface area contributed by atoms with Crippen LogP contribution in [0.5, 0.6) is 0 Å². The number of fused-ring (bicyclic) bond motifs is 1. The lowest BCUT2D eigenvalue weighted by Gasteiger charge is -2.21. The summed E-state index contributed by atoms with van der Waals surface area (Å²) >= 11 is 1.42. The van der Waals surface area contributed by atoms with Crippen molar-refractivity contribution in [1.82, 2.24) is 0 Å². The highest BCUT2D eigenvalue weighted by atomic mass is 32.2. The van der Waals surface area contributed by atoms with Gasteiger partial charge in [-0.2, -0.15) is 0 Å². The van der Waals surface area contributed by atoms with Crippen LogP contribution < -0.4 is 15.4 Å². The standard InChI is InChI=1S/C22H18FN3O4S2/c1-13-21(27)25-19-12-14(2-11-20(19)31-13)22(28)24-16-7-9-18(10-8-16)32(29,30)26-17-5-3-15(23)4-6-17/h2-13,26H,1H3,(H,24,28)(H,25,27). The molecule has 1 atom stereocenters. The number of thioether (sulfide) groups is 1. The van der Waals surface area contributed by atoms with Crippen LogP contribution in [0.25, 0.3) is 0 Å².